The van der Waals surface area contributed by atoms with Crippen LogP contribution in [0, 0.1) is 12.8 Å². The quantitative estimate of drug-likeness (QED) is 0.708. The molecule has 1 aliphatic carbocycles. The van der Waals surface area contributed by atoms with E-state index in [1.165, 1.54) is 0 Å². The molecule has 1 aliphatic rings. The normalized spacial score (nSPS) is 20.4. The van der Waals surface area contributed by atoms with E-state index in [2.05, 4.69) is 18.0 Å². The Balaban J connectivity index is 2.23. The summed E-state index contributed by atoms with van der Waals surface area (Å²) in [5.74, 6) is 0.879. The van der Waals surface area contributed by atoms with Crippen LogP contribution in [0.3, 0.4) is 0 Å². The number of hydrogen-bond donors (Lipinski definition) is 0. The minimum absolute atomic E-state index is 0.164. The number of Topliss-reactive ketones (excluding diaryl/α,β-unsaturated/α-hetero) is 1. The monoisotopic (exact) mass is 215 g/mol. The molecule has 2 heteroatoms. The van der Waals surface area contributed by atoms with E-state index in [0.717, 1.165) is 36.0 Å². The molecule has 1 unspecified atom stereocenters. The molecule has 0 spiro atoms. The third-order valence-corrected chi connectivity index (χ3v) is 3.25. The highest BCUT2D eigenvalue weighted by atomic mass is 16.1. The van der Waals surface area contributed by atoms with Crippen LogP contribution in [-0.4, -0.2) is 10.8 Å². The number of aromatic nitrogens is 1. The van der Waals surface area contributed by atoms with E-state index < -0.39 is 0 Å². The lowest BCUT2D eigenvalue weighted by Crippen LogP contribution is -2.11. The summed E-state index contributed by atoms with van der Waals surface area (Å²) < 4.78 is 0. The largest absolute Gasteiger partial charge is 0.289 e. The van der Waals surface area contributed by atoms with Crippen molar-refractivity contribution in [3.63, 3.8) is 0 Å². The van der Waals surface area contributed by atoms with Crippen LogP contribution >= 0.6 is 0 Å². The minimum Gasteiger partial charge on any atom is -0.289 e. The molecule has 0 saturated heterocycles. The molecule has 0 aromatic carbocycles. The van der Waals surface area contributed by atoms with E-state index in [4.69, 9.17) is 0 Å². The second-order valence-electron chi connectivity index (χ2n) is 4.63. The lowest BCUT2D eigenvalue weighted by Gasteiger charge is -2.17. The minimum atomic E-state index is 0.164. The second kappa shape index (κ2) is 4.60. The smallest absolute Gasteiger partial charge is 0.190 e. The average Bonchev–Trinajstić information content (AvgIpc) is 2.30. The van der Waals surface area contributed by atoms with Crippen molar-refractivity contribution in [3.05, 3.63) is 41.2 Å². The molecule has 1 aromatic heterocycles. The molecule has 2 nitrogen and oxygen atoms in total. The summed E-state index contributed by atoms with van der Waals surface area (Å²) >= 11 is 0. The molecule has 0 saturated carbocycles. The highest BCUT2D eigenvalue weighted by molar-refractivity contribution is 6.09. The van der Waals surface area contributed by atoms with Crippen molar-refractivity contribution in [3.8, 4) is 0 Å². The Morgan fingerprint density at radius 2 is 2.31 bits per heavy atom. The zero-order valence-corrected chi connectivity index (χ0v) is 9.86. The Kier molecular flexibility index (Phi) is 3.18. The fourth-order valence-corrected chi connectivity index (χ4v) is 2.05. The first-order valence-electron chi connectivity index (χ1n) is 5.83. The number of nitrogens with zero attached hydrogens (tertiary/aromatic N) is 1. The van der Waals surface area contributed by atoms with Gasteiger partial charge in [-0.05, 0) is 49.3 Å². The van der Waals surface area contributed by atoms with Gasteiger partial charge < -0.3 is 0 Å². The maximum atomic E-state index is 12.2. The van der Waals surface area contributed by atoms with Gasteiger partial charge in [0.2, 0.25) is 0 Å². The van der Waals surface area contributed by atoms with Crippen molar-refractivity contribution in [2.45, 2.75) is 33.1 Å². The van der Waals surface area contributed by atoms with Crippen LogP contribution in [0.15, 0.2) is 30.1 Å². The lowest BCUT2D eigenvalue weighted by atomic mass is 9.87. The summed E-state index contributed by atoms with van der Waals surface area (Å²) in [7, 11) is 0. The molecule has 1 heterocycles. The SMILES string of the molecule is Cc1ccncc1C(=O)C1=CCC(C)CC1. The number of rotatable bonds is 2. The van der Waals surface area contributed by atoms with E-state index in [1.54, 1.807) is 12.4 Å². The van der Waals surface area contributed by atoms with Crippen LogP contribution in [0.1, 0.15) is 42.1 Å². The summed E-state index contributed by atoms with van der Waals surface area (Å²) in [6, 6.07) is 1.89. The predicted octanol–water partition coefficient (Wildman–Crippen LogP) is 3.32. The third-order valence-electron chi connectivity index (χ3n) is 3.25. The van der Waals surface area contributed by atoms with Gasteiger partial charge >= 0.3 is 0 Å². The summed E-state index contributed by atoms with van der Waals surface area (Å²) in [5.41, 5.74) is 2.73. The highest BCUT2D eigenvalue weighted by Crippen LogP contribution is 2.25. The predicted molar refractivity (Wildman–Crippen MR) is 64.4 cm³/mol. The Labute approximate surface area is 96.4 Å². The fraction of sp³-hybridized carbons (Fsp3) is 0.429. The van der Waals surface area contributed by atoms with Crippen molar-refractivity contribution in [2.75, 3.05) is 0 Å². The Bertz CT molecular complexity index is 434. The Morgan fingerprint density at radius 1 is 1.50 bits per heavy atom. The van der Waals surface area contributed by atoms with Gasteiger partial charge in [-0.3, -0.25) is 9.78 Å². The van der Waals surface area contributed by atoms with Gasteiger partial charge in [-0.2, -0.15) is 0 Å². The van der Waals surface area contributed by atoms with Gasteiger partial charge in [0.15, 0.2) is 5.78 Å². The van der Waals surface area contributed by atoms with Crippen LogP contribution in [-0.2, 0) is 0 Å². The number of ketones is 1. The molecule has 0 amide bonds. The maximum absolute atomic E-state index is 12.2. The zero-order chi connectivity index (χ0) is 11.5. The Hall–Kier alpha value is -1.44. The number of carbonyl (C=O) groups excluding carboxylic acids is 1. The van der Waals surface area contributed by atoms with Gasteiger partial charge in [-0.25, -0.2) is 0 Å². The van der Waals surface area contributed by atoms with Crippen molar-refractivity contribution in [2.24, 2.45) is 5.92 Å². The van der Waals surface area contributed by atoms with E-state index in [9.17, 15) is 4.79 Å². The molecule has 2 rings (SSSR count). The van der Waals surface area contributed by atoms with Gasteiger partial charge in [0.1, 0.15) is 0 Å². The van der Waals surface area contributed by atoms with E-state index >= 15 is 0 Å². The summed E-state index contributed by atoms with van der Waals surface area (Å²) in [6.07, 6.45) is 8.56. The molecule has 0 fully saturated rings. The van der Waals surface area contributed by atoms with Gasteiger partial charge in [0, 0.05) is 18.0 Å². The molecule has 16 heavy (non-hydrogen) atoms. The molecular weight excluding hydrogens is 198 g/mol. The number of allylic oxidation sites excluding steroid dienone is 2. The fourth-order valence-electron chi connectivity index (χ4n) is 2.05. The zero-order valence-electron chi connectivity index (χ0n) is 9.86. The van der Waals surface area contributed by atoms with Gasteiger partial charge in [-0.15, -0.1) is 0 Å². The standard InChI is InChI=1S/C14H17NO/c1-10-3-5-12(6-4-10)14(16)13-9-15-8-7-11(13)2/h5,7-10H,3-4,6H2,1-2H3. The average molecular weight is 215 g/mol. The number of hydrogen-bond acceptors (Lipinski definition) is 2. The second-order valence-corrected chi connectivity index (χ2v) is 4.63. The van der Waals surface area contributed by atoms with Crippen molar-refractivity contribution >= 4 is 5.78 Å². The van der Waals surface area contributed by atoms with Crippen LogP contribution in [0.5, 0.6) is 0 Å². The number of carbonyl (C=O) groups is 1. The third kappa shape index (κ3) is 2.21. The summed E-state index contributed by atoms with van der Waals surface area (Å²) in [5, 5.41) is 0. The van der Waals surface area contributed by atoms with Crippen molar-refractivity contribution in [1.29, 1.82) is 0 Å². The number of aryl methyl sites for hydroxylation is 1. The highest BCUT2D eigenvalue weighted by Gasteiger charge is 2.18. The molecule has 84 valence electrons. The summed E-state index contributed by atoms with van der Waals surface area (Å²) in [6.45, 7) is 4.19. The first-order valence-corrected chi connectivity index (χ1v) is 5.83. The van der Waals surface area contributed by atoms with Crippen LogP contribution in [0.25, 0.3) is 0 Å². The molecule has 1 atom stereocenters. The molecule has 0 N–H and O–H groups in total. The first-order chi connectivity index (χ1) is 7.68. The lowest BCUT2D eigenvalue weighted by molar-refractivity contribution is 0.102. The van der Waals surface area contributed by atoms with Crippen LogP contribution in [0.4, 0.5) is 0 Å². The van der Waals surface area contributed by atoms with Crippen LogP contribution < -0.4 is 0 Å². The molecule has 0 bridgehead atoms. The van der Waals surface area contributed by atoms with Crippen molar-refractivity contribution < 1.29 is 4.79 Å². The van der Waals surface area contributed by atoms with Gasteiger partial charge in [-0.1, -0.05) is 13.0 Å². The molecule has 0 aliphatic heterocycles. The Morgan fingerprint density at radius 3 is 2.94 bits per heavy atom. The van der Waals surface area contributed by atoms with Gasteiger partial charge in [0.05, 0.1) is 0 Å². The van der Waals surface area contributed by atoms with Gasteiger partial charge in [0.25, 0.3) is 0 Å². The van der Waals surface area contributed by atoms with Crippen LogP contribution in [0.2, 0.25) is 0 Å². The van der Waals surface area contributed by atoms with E-state index in [1.807, 2.05) is 13.0 Å². The topological polar surface area (TPSA) is 30.0 Å². The maximum Gasteiger partial charge on any atom is 0.190 e. The molecule has 1 aromatic rings. The van der Waals surface area contributed by atoms with Crippen molar-refractivity contribution in [1.82, 2.24) is 4.98 Å². The van der Waals surface area contributed by atoms with E-state index in [0.29, 0.717) is 5.92 Å². The first kappa shape index (κ1) is 11.1. The molecule has 0 radical (unpaired) electrons. The van der Waals surface area contributed by atoms with E-state index in [-0.39, 0.29) is 5.78 Å². The molecular formula is C14H17NO. The summed E-state index contributed by atoms with van der Waals surface area (Å²) in [4.78, 5) is 16.2. The number of pyridine rings is 1.